The predicted octanol–water partition coefficient (Wildman–Crippen LogP) is 1.58. The van der Waals surface area contributed by atoms with Crippen LogP contribution in [-0.2, 0) is 6.42 Å². The van der Waals surface area contributed by atoms with Crippen molar-refractivity contribution >= 4 is 15.9 Å². The monoisotopic (exact) mass is 273 g/mol. The lowest BCUT2D eigenvalue weighted by Gasteiger charge is -2.13. The van der Waals surface area contributed by atoms with Crippen molar-refractivity contribution in [3.63, 3.8) is 0 Å². The molecule has 0 spiro atoms. The minimum Gasteiger partial charge on any atom is -0.496 e. The standard InChI is InChI=1S/C11H16BrNO2/c1-13-7-10(14)6-8-5-9(12)3-4-11(8)15-2/h3-5,10,13-14H,6-7H2,1-2H3. The molecular formula is C11H16BrNO2. The van der Waals surface area contributed by atoms with Gasteiger partial charge in [-0.05, 0) is 30.8 Å². The lowest BCUT2D eigenvalue weighted by Crippen LogP contribution is -2.25. The zero-order valence-corrected chi connectivity index (χ0v) is 10.5. The number of hydrogen-bond donors (Lipinski definition) is 2. The minimum absolute atomic E-state index is 0.391. The quantitative estimate of drug-likeness (QED) is 0.856. The van der Waals surface area contributed by atoms with Gasteiger partial charge in [0.25, 0.3) is 0 Å². The molecule has 0 aliphatic heterocycles. The van der Waals surface area contributed by atoms with Gasteiger partial charge >= 0.3 is 0 Å². The highest BCUT2D eigenvalue weighted by Crippen LogP contribution is 2.24. The normalized spacial score (nSPS) is 12.5. The number of benzene rings is 1. The van der Waals surface area contributed by atoms with Gasteiger partial charge < -0.3 is 15.2 Å². The van der Waals surface area contributed by atoms with E-state index in [0.29, 0.717) is 13.0 Å². The van der Waals surface area contributed by atoms with Crippen LogP contribution in [0.25, 0.3) is 0 Å². The van der Waals surface area contributed by atoms with E-state index in [2.05, 4.69) is 21.2 Å². The van der Waals surface area contributed by atoms with E-state index in [1.807, 2.05) is 25.2 Å². The van der Waals surface area contributed by atoms with Gasteiger partial charge in [-0.3, -0.25) is 0 Å². The molecule has 0 saturated heterocycles. The van der Waals surface area contributed by atoms with Crippen molar-refractivity contribution in [1.29, 1.82) is 0 Å². The third kappa shape index (κ3) is 3.81. The summed E-state index contributed by atoms with van der Waals surface area (Å²) >= 11 is 3.40. The number of rotatable bonds is 5. The Hall–Kier alpha value is -0.580. The minimum atomic E-state index is -0.391. The van der Waals surface area contributed by atoms with E-state index in [1.165, 1.54) is 0 Å². The summed E-state index contributed by atoms with van der Waals surface area (Å²) in [6.45, 7) is 0.579. The molecule has 0 aliphatic carbocycles. The van der Waals surface area contributed by atoms with Gasteiger partial charge in [-0.2, -0.15) is 0 Å². The summed E-state index contributed by atoms with van der Waals surface area (Å²) in [7, 11) is 3.46. The van der Waals surface area contributed by atoms with Gasteiger partial charge in [0, 0.05) is 17.4 Å². The first kappa shape index (κ1) is 12.5. The highest BCUT2D eigenvalue weighted by molar-refractivity contribution is 9.10. The van der Waals surface area contributed by atoms with Crippen molar-refractivity contribution in [2.24, 2.45) is 0 Å². The number of aliphatic hydroxyl groups is 1. The molecule has 15 heavy (non-hydrogen) atoms. The van der Waals surface area contributed by atoms with Crippen LogP contribution in [-0.4, -0.2) is 31.9 Å². The van der Waals surface area contributed by atoms with E-state index in [0.717, 1.165) is 15.8 Å². The summed E-state index contributed by atoms with van der Waals surface area (Å²) < 4.78 is 6.22. The molecule has 4 heteroatoms. The first-order valence-corrected chi connectivity index (χ1v) is 5.61. The summed E-state index contributed by atoms with van der Waals surface area (Å²) in [5.41, 5.74) is 1.01. The second-order valence-corrected chi connectivity index (χ2v) is 4.29. The molecule has 0 saturated carbocycles. The highest BCUT2D eigenvalue weighted by Gasteiger charge is 2.09. The molecule has 1 aromatic carbocycles. The van der Waals surface area contributed by atoms with E-state index >= 15 is 0 Å². The number of ether oxygens (including phenoxy) is 1. The molecule has 0 radical (unpaired) electrons. The number of nitrogens with one attached hydrogen (secondary N) is 1. The van der Waals surface area contributed by atoms with E-state index in [9.17, 15) is 5.11 Å². The van der Waals surface area contributed by atoms with Crippen molar-refractivity contribution in [3.8, 4) is 5.75 Å². The van der Waals surface area contributed by atoms with Gasteiger partial charge in [-0.25, -0.2) is 0 Å². The van der Waals surface area contributed by atoms with Crippen LogP contribution < -0.4 is 10.1 Å². The molecule has 84 valence electrons. The van der Waals surface area contributed by atoms with Gasteiger partial charge in [0.15, 0.2) is 0 Å². The van der Waals surface area contributed by atoms with E-state index in [1.54, 1.807) is 7.11 Å². The average molecular weight is 274 g/mol. The molecule has 1 rings (SSSR count). The lowest BCUT2D eigenvalue weighted by atomic mass is 10.1. The third-order valence-corrected chi connectivity index (χ3v) is 2.63. The van der Waals surface area contributed by atoms with E-state index in [4.69, 9.17) is 4.74 Å². The fourth-order valence-electron chi connectivity index (χ4n) is 1.47. The summed E-state index contributed by atoms with van der Waals surface area (Å²) in [4.78, 5) is 0. The molecule has 0 heterocycles. The molecule has 0 aromatic heterocycles. The van der Waals surface area contributed by atoms with Gasteiger partial charge in [0.2, 0.25) is 0 Å². The molecule has 0 amide bonds. The Balaban J connectivity index is 2.77. The first-order valence-electron chi connectivity index (χ1n) is 4.82. The number of aliphatic hydroxyl groups excluding tert-OH is 1. The van der Waals surface area contributed by atoms with Crippen LogP contribution in [0.4, 0.5) is 0 Å². The highest BCUT2D eigenvalue weighted by atomic mass is 79.9. The van der Waals surface area contributed by atoms with Crippen LogP contribution in [0.1, 0.15) is 5.56 Å². The van der Waals surface area contributed by atoms with Crippen molar-refractivity contribution in [3.05, 3.63) is 28.2 Å². The van der Waals surface area contributed by atoms with Crippen molar-refractivity contribution in [2.45, 2.75) is 12.5 Å². The first-order chi connectivity index (χ1) is 7.17. The molecular weight excluding hydrogens is 258 g/mol. The van der Waals surface area contributed by atoms with Gasteiger partial charge in [0.05, 0.1) is 13.2 Å². The number of halogens is 1. The summed E-state index contributed by atoms with van der Waals surface area (Å²) in [5.74, 6) is 0.813. The fraction of sp³-hybridized carbons (Fsp3) is 0.455. The number of likely N-dealkylation sites (N-methyl/N-ethyl adjacent to an activating group) is 1. The van der Waals surface area contributed by atoms with Crippen LogP contribution in [0.5, 0.6) is 5.75 Å². The maximum absolute atomic E-state index is 9.68. The second-order valence-electron chi connectivity index (χ2n) is 3.37. The largest absolute Gasteiger partial charge is 0.496 e. The molecule has 1 atom stereocenters. The Morgan fingerprint density at radius 2 is 2.27 bits per heavy atom. The maximum atomic E-state index is 9.68. The fourth-order valence-corrected chi connectivity index (χ4v) is 1.88. The Kier molecular flexibility index (Phi) is 5.08. The van der Waals surface area contributed by atoms with Crippen molar-refractivity contribution in [2.75, 3.05) is 20.7 Å². The number of methoxy groups -OCH3 is 1. The van der Waals surface area contributed by atoms with Gasteiger partial charge in [0.1, 0.15) is 5.75 Å². The average Bonchev–Trinajstić information content (AvgIpc) is 2.18. The van der Waals surface area contributed by atoms with Gasteiger partial charge in [-0.15, -0.1) is 0 Å². The van der Waals surface area contributed by atoms with E-state index < -0.39 is 6.10 Å². The molecule has 2 N–H and O–H groups in total. The Bertz CT molecular complexity index is 317. The Morgan fingerprint density at radius 1 is 1.53 bits per heavy atom. The van der Waals surface area contributed by atoms with E-state index in [-0.39, 0.29) is 0 Å². The molecule has 1 aromatic rings. The maximum Gasteiger partial charge on any atom is 0.122 e. The van der Waals surface area contributed by atoms with Crippen LogP contribution in [0.3, 0.4) is 0 Å². The molecule has 0 aliphatic rings. The van der Waals surface area contributed by atoms with Crippen LogP contribution in [0, 0.1) is 0 Å². The summed E-state index contributed by atoms with van der Waals surface area (Å²) in [5, 5.41) is 12.6. The third-order valence-electron chi connectivity index (χ3n) is 2.14. The SMILES string of the molecule is CNCC(O)Cc1cc(Br)ccc1OC. The smallest absolute Gasteiger partial charge is 0.122 e. The summed E-state index contributed by atoms with van der Waals surface area (Å²) in [6.07, 6.45) is 0.196. The Morgan fingerprint density at radius 3 is 2.87 bits per heavy atom. The van der Waals surface area contributed by atoms with Crippen LogP contribution in [0.15, 0.2) is 22.7 Å². The Labute approximate surface area is 98.6 Å². The van der Waals surface area contributed by atoms with Crippen molar-refractivity contribution < 1.29 is 9.84 Å². The zero-order valence-electron chi connectivity index (χ0n) is 8.96. The molecule has 3 nitrogen and oxygen atoms in total. The lowest BCUT2D eigenvalue weighted by molar-refractivity contribution is 0.173. The van der Waals surface area contributed by atoms with Crippen molar-refractivity contribution in [1.82, 2.24) is 5.32 Å². The van der Waals surface area contributed by atoms with Gasteiger partial charge in [-0.1, -0.05) is 15.9 Å². The predicted molar refractivity (Wildman–Crippen MR) is 64.3 cm³/mol. The summed E-state index contributed by atoms with van der Waals surface area (Å²) in [6, 6.07) is 5.79. The van der Waals surface area contributed by atoms with Crippen LogP contribution >= 0.6 is 15.9 Å². The zero-order chi connectivity index (χ0) is 11.3. The van der Waals surface area contributed by atoms with Crippen LogP contribution in [0.2, 0.25) is 0 Å². The second kappa shape index (κ2) is 6.10. The molecule has 1 unspecified atom stereocenters. The topological polar surface area (TPSA) is 41.5 Å². The molecule has 0 fully saturated rings. The molecule has 0 bridgehead atoms. The number of hydrogen-bond acceptors (Lipinski definition) is 3.